The first-order valence-corrected chi connectivity index (χ1v) is 5.18. The second-order valence-corrected chi connectivity index (χ2v) is 4.22. The summed E-state index contributed by atoms with van der Waals surface area (Å²) in [5.74, 6) is 2.12. The Morgan fingerprint density at radius 1 is 1.71 bits per heavy atom. The molecule has 2 fully saturated rings. The SMILES string of the molecule is C#CCO[C@H]1[C@H]2OC(=O)C[C@H](O2)[C@@H]1Br. The molecule has 2 saturated heterocycles. The lowest BCUT2D eigenvalue weighted by Gasteiger charge is -2.21. The van der Waals surface area contributed by atoms with E-state index in [1.165, 1.54) is 0 Å². The molecule has 14 heavy (non-hydrogen) atoms. The average Bonchev–Trinajstić information content (AvgIpc) is 2.37. The van der Waals surface area contributed by atoms with Gasteiger partial charge in [0.15, 0.2) is 0 Å². The van der Waals surface area contributed by atoms with E-state index < -0.39 is 6.29 Å². The van der Waals surface area contributed by atoms with Gasteiger partial charge in [-0.2, -0.15) is 0 Å². The highest BCUT2D eigenvalue weighted by molar-refractivity contribution is 9.09. The summed E-state index contributed by atoms with van der Waals surface area (Å²) < 4.78 is 15.7. The van der Waals surface area contributed by atoms with Crippen molar-refractivity contribution in [1.82, 2.24) is 0 Å². The van der Waals surface area contributed by atoms with E-state index in [2.05, 4.69) is 21.9 Å². The molecule has 0 aromatic rings. The van der Waals surface area contributed by atoms with Crippen LogP contribution < -0.4 is 0 Å². The summed E-state index contributed by atoms with van der Waals surface area (Å²) in [5, 5.41) is 0. The van der Waals surface area contributed by atoms with Crippen LogP contribution in [0.1, 0.15) is 6.42 Å². The molecule has 0 aromatic carbocycles. The molecule has 0 aromatic heterocycles. The summed E-state index contributed by atoms with van der Waals surface area (Å²) in [4.78, 5) is 11.0. The highest BCUT2D eigenvalue weighted by atomic mass is 79.9. The lowest BCUT2D eigenvalue weighted by atomic mass is 10.1. The Labute approximate surface area is 90.0 Å². The maximum Gasteiger partial charge on any atom is 0.310 e. The van der Waals surface area contributed by atoms with Crippen LogP contribution in [-0.4, -0.2) is 35.9 Å². The van der Waals surface area contributed by atoms with E-state index in [1.54, 1.807) is 0 Å². The Morgan fingerprint density at radius 2 is 2.50 bits per heavy atom. The molecule has 0 spiro atoms. The highest BCUT2D eigenvalue weighted by Gasteiger charge is 2.50. The van der Waals surface area contributed by atoms with Gasteiger partial charge < -0.3 is 14.2 Å². The van der Waals surface area contributed by atoms with Gasteiger partial charge in [-0.05, 0) is 0 Å². The standard InChI is InChI=1S/C9H9BrO4/c1-2-3-12-8-7(10)5-4-6(11)14-9(8)13-5/h1,5,7-9H,3-4H2/t5-,7-,8+,9+/m0/s1. The lowest BCUT2D eigenvalue weighted by molar-refractivity contribution is -0.209. The summed E-state index contributed by atoms with van der Waals surface area (Å²) in [7, 11) is 0. The number of rotatable bonds is 2. The van der Waals surface area contributed by atoms with Crippen molar-refractivity contribution in [3.8, 4) is 12.3 Å². The van der Waals surface area contributed by atoms with Crippen molar-refractivity contribution in [3.05, 3.63) is 0 Å². The number of halogens is 1. The van der Waals surface area contributed by atoms with Gasteiger partial charge in [0.05, 0.1) is 17.4 Å². The molecule has 4 atom stereocenters. The first kappa shape index (κ1) is 9.97. The van der Waals surface area contributed by atoms with Crippen molar-refractivity contribution >= 4 is 21.9 Å². The molecule has 4 nitrogen and oxygen atoms in total. The Balaban J connectivity index is 2.04. The summed E-state index contributed by atoms with van der Waals surface area (Å²) in [6, 6.07) is 0. The molecule has 2 bridgehead atoms. The number of fused-ring (bicyclic) bond motifs is 2. The van der Waals surface area contributed by atoms with Gasteiger partial charge >= 0.3 is 5.97 Å². The third kappa shape index (κ3) is 1.65. The van der Waals surface area contributed by atoms with Gasteiger partial charge in [-0.3, -0.25) is 4.79 Å². The fourth-order valence-electron chi connectivity index (χ4n) is 1.60. The van der Waals surface area contributed by atoms with E-state index in [9.17, 15) is 4.79 Å². The predicted molar refractivity (Wildman–Crippen MR) is 50.7 cm³/mol. The maximum atomic E-state index is 11.1. The molecular formula is C9H9BrO4. The molecule has 0 N–H and O–H groups in total. The molecular weight excluding hydrogens is 252 g/mol. The molecule has 5 heteroatoms. The van der Waals surface area contributed by atoms with Crippen LogP contribution in [-0.2, 0) is 19.0 Å². The molecule has 0 radical (unpaired) electrons. The van der Waals surface area contributed by atoms with Crippen molar-refractivity contribution < 1.29 is 19.0 Å². The van der Waals surface area contributed by atoms with Crippen molar-refractivity contribution in [2.75, 3.05) is 6.61 Å². The van der Waals surface area contributed by atoms with Crippen LogP contribution in [0.3, 0.4) is 0 Å². The van der Waals surface area contributed by atoms with Crippen LogP contribution in [0.2, 0.25) is 0 Å². The normalized spacial score (nSPS) is 40.4. The number of terminal acetylenes is 1. The van der Waals surface area contributed by atoms with Gasteiger partial charge in [0.2, 0.25) is 6.29 Å². The summed E-state index contributed by atoms with van der Waals surface area (Å²) >= 11 is 3.42. The number of ether oxygens (including phenoxy) is 3. The lowest BCUT2D eigenvalue weighted by Crippen LogP contribution is -2.33. The number of hydrogen-bond acceptors (Lipinski definition) is 4. The summed E-state index contributed by atoms with van der Waals surface area (Å²) in [5.41, 5.74) is 0. The van der Waals surface area contributed by atoms with E-state index in [-0.39, 0.29) is 36.0 Å². The molecule has 0 saturated carbocycles. The number of carbonyl (C=O) groups excluding carboxylic acids is 1. The van der Waals surface area contributed by atoms with Gasteiger partial charge in [0.25, 0.3) is 0 Å². The number of esters is 1. The minimum absolute atomic E-state index is 0.0349. The highest BCUT2D eigenvalue weighted by Crippen LogP contribution is 2.35. The van der Waals surface area contributed by atoms with Crippen LogP contribution in [0.25, 0.3) is 0 Å². The Morgan fingerprint density at radius 3 is 3.21 bits per heavy atom. The zero-order chi connectivity index (χ0) is 10.1. The second-order valence-electron chi connectivity index (χ2n) is 3.16. The van der Waals surface area contributed by atoms with Gasteiger partial charge in [-0.1, -0.05) is 21.9 Å². The van der Waals surface area contributed by atoms with E-state index in [0.29, 0.717) is 0 Å². The molecule has 2 aliphatic heterocycles. The van der Waals surface area contributed by atoms with Gasteiger partial charge in [0, 0.05) is 0 Å². The van der Waals surface area contributed by atoms with Crippen LogP contribution >= 0.6 is 15.9 Å². The zero-order valence-corrected chi connectivity index (χ0v) is 8.90. The summed E-state index contributed by atoms with van der Waals surface area (Å²) in [6.07, 6.45) is 4.27. The van der Waals surface area contributed by atoms with Crippen LogP contribution in [0.4, 0.5) is 0 Å². The van der Waals surface area contributed by atoms with Crippen molar-refractivity contribution in [3.63, 3.8) is 0 Å². The molecule has 0 amide bonds. The molecule has 2 rings (SSSR count). The largest absolute Gasteiger partial charge is 0.433 e. The average molecular weight is 261 g/mol. The Hall–Kier alpha value is -0.570. The van der Waals surface area contributed by atoms with Crippen LogP contribution in [0, 0.1) is 12.3 Å². The fourth-order valence-corrected chi connectivity index (χ4v) is 2.31. The maximum absolute atomic E-state index is 11.1. The second kappa shape index (κ2) is 3.89. The van der Waals surface area contributed by atoms with E-state index in [0.717, 1.165) is 0 Å². The smallest absolute Gasteiger partial charge is 0.310 e. The molecule has 0 aliphatic carbocycles. The molecule has 2 heterocycles. The topological polar surface area (TPSA) is 44.8 Å². The minimum atomic E-state index is -0.612. The monoisotopic (exact) mass is 260 g/mol. The quantitative estimate of drug-likeness (QED) is 0.411. The van der Waals surface area contributed by atoms with Crippen molar-refractivity contribution in [1.29, 1.82) is 0 Å². The first-order valence-electron chi connectivity index (χ1n) is 4.26. The molecule has 0 unspecified atom stereocenters. The molecule has 76 valence electrons. The van der Waals surface area contributed by atoms with Crippen LogP contribution in [0.5, 0.6) is 0 Å². The van der Waals surface area contributed by atoms with Gasteiger partial charge in [-0.15, -0.1) is 6.42 Å². The zero-order valence-electron chi connectivity index (χ0n) is 7.31. The number of alkyl halides is 1. The third-order valence-corrected chi connectivity index (χ3v) is 3.33. The first-order chi connectivity index (χ1) is 6.72. The van der Waals surface area contributed by atoms with Crippen molar-refractivity contribution in [2.45, 2.75) is 29.7 Å². The molecule has 2 aliphatic rings. The Kier molecular flexibility index (Phi) is 2.77. The third-order valence-electron chi connectivity index (χ3n) is 2.22. The van der Waals surface area contributed by atoms with Crippen molar-refractivity contribution in [2.24, 2.45) is 0 Å². The number of carbonyl (C=O) groups is 1. The minimum Gasteiger partial charge on any atom is -0.433 e. The van der Waals surface area contributed by atoms with Gasteiger partial charge in [0.1, 0.15) is 12.7 Å². The van der Waals surface area contributed by atoms with Crippen LogP contribution in [0.15, 0.2) is 0 Å². The van der Waals surface area contributed by atoms with Gasteiger partial charge in [-0.25, -0.2) is 0 Å². The summed E-state index contributed by atoms with van der Waals surface area (Å²) in [6.45, 7) is 0.191. The predicted octanol–water partition coefficient (Wildman–Crippen LogP) is 0.440. The fraction of sp³-hybridized carbons (Fsp3) is 0.667. The van der Waals surface area contributed by atoms with E-state index in [1.807, 2.05) is 0 Å². The van der Waals surface area contributed by atoms with E-state index >= 15 is 0 Å². The van der Waals surface area contributed by atoms with E-state index in [4.69, 9.17) is 20.6 Å². The number of hydrogen-bond donors (Lipinski definition) is 0. The Bertz CT molecular complexity index is 285.